The standard InChI is InChI=1S/C24H33FN4O5/c1-14(2)12-24(7,29-22(32)34-23(4,5)6)13-33-18-9-8-17(27-15(18)3)16-10-11-26-20(19(16)25)28-21(30)31/h8-11,14H,12-13H2,1-7H3,(H,26,28)(H,29,32)(H,30,31). The van der Waals surface area contributed by atoms with E-state index in [1.165, 1.54) is 12.3 Å². The number of pyridine rings is 2. The zero-order valence-electron chi connectivity index (χ0n) is 20.7. The Hall–Kier alpha value is -3.43. The van der Waals surface area contributed by atoms with Crippen LogP contribution in [-0.2, 0) is 4.74 Å². The molecule has 0 fully saturated rings. The smallest absolute Gasteiger partial charge is 0.410 e. The highest BCUT2D eigenvalue weighted by Gasteiger charge is 2.31. The normalized spacial score (nSPS) is 13.2. The van der Waals surface area contributed by atoms with E-state index in [-0.39, 0.29) is 18.1 Å². The van der Waals surface area contributed by atoms with Crippen LogP contribution in [-0.4, -0.2) is 45.0 Å². The van der Waals surface area contributed by atoms with E-state index < -0.39 is 35.0 Å². The van der Waals surface area contributed by atoms with E-state index in [9.17, 15) is 14.0 Å². The van der Waals surface area contributed by atoms with Gasteiger partial charge in [-0.2, -0.15) is 0 Å². The van der Waals surface area contributed by atoms with Crippen LogP contribution < -0.4 is 15.4 Å². The maximum atomic E-state index is 14.7. The molecule has 34 heavy (non-hydrogen) atoms. The molecule has 1 atom stereocenters. The number of amides is 2. The Morgan fingerprint density at radius 3 is 2.41 bits per heavy atom. The number of anilines is 1. The molecular formula is C24H33FN4O5. The second kappa shape index (κ2) is 10.7. The SMILES string of the molecule is Cc1nc(-c2ccnc(NC(=O)O)c2F)ccc1OCC(C)(CC(C)C)NC(=O)OC(C)(C)C. The summed E-state index contributed by atoms with van der Waals surface area (Å²) < 4.78 is 26.1. The molecule has 2 amide bonds. The molecule has 0 aliphatic rings. The van der Waals surface area contributed by atoms with E-state index in [1.54, 1.807) is 39.8 Å². The van der Waals surface area contributed by atoms with Gasteiger partial charge in [0.2, 0.25) is 0 Å². The second-order valence-electron chi connectivity index (χ2n) is 9.81. The van der Waals surface area contributed by atoms with Gasteiger partial charge in [0, 0.05) is 11.8 Å². The second-order valence-corrected chi connectivity index (χ2v) is 9.81. The number of hydrogen-bond donors (Lipinski definition) is 3. The van der Waals surface area contributed by atoms with Gasteiger partial charge in [-0.25, -0.2) is 23.9 Å². The van der Waals surface area contributed by atoms with E-state index in [2.05, 4.69) is 15.3 Å². The Balaban J connectivity index is 2.21. The molecule has 3 N–H and O–H groups in total. The van der Waals surface area contributed by atoms with E-state index in [0.717, 1.165) is 0 Å². The Labute approximate surface area is 199 Å². The first-order chi connectivity index (χ1) is 15.7. The van der Waals surface area contributed by atoms with Crippen LogP contribution in [0.25, 0.3) is 11.3 Å². The van der Waals surface area contributed by atoms with Crippen molar-refractivity contribution in [2.75, 3.05) is 11.9 Å². The van der Waals surface area contributed by atoms with Crippen molar-refractivity contribution < 1.29 is 28.6 Å². The molecule has 0 saturated heterocycles. The van der Waals surface area contributed by atoms with Gasteiger partial charge in [0.1, 0.15) is 18.0 Å². The molecule has 2 heterocycles. The van der Waals surface area contributed by atoms with Gasteiger partial charge in [0.15, 0.2) is 11.6 Å². The van der Waals surface area contributed by atoms with Crippen molar-refractivity contribution in [3.05, 3.63) is 35.9 Å². The summed E-state index contributed by atoms with van der Waals surface area (Å²) in [5.74, 6) is -0.463. The molecule has 0 bridgehead atoms. The highest BCUT2D eigenvalue weighted by atomic mass is 19.1. The fraction of sp³-hybridized carbons (Fsp3) is 0.500. The zero-order chi connectivity index (χ0) is 25.7. The number of halogens is 1. The summed E-state index contributed by atoms with van der Waals surface area (Å²) in [6.07, 6.45) is 0.00710. The maximum Gasteiger partial charge on any atom is 0.410 e. The predicted molar refractivity (Wildman–Crippen MR) is 127 cm³/mol. The quantitative estimate of drug-likeness (QED) is 0.467. The van der Waals surface area contributed by atoms with Crippen molar-refractivity contribution in [2.24, 2.45) is 5.92 Å². The Kier molecular flexibility index (Phi) is 8.41. The largest absolute Gasteiger partial charge is 0.489 e. The number of carboxylic acid groups (broad SMARTS) is 1. The van der Waals surface area contributed by atoms with Crippen molar-refractivity contribution in [1.29, 1.82) is 0 Å². The first-order valence-electron chi connectivity index (χ1n) is 11.0. The van der Waals surface area contributed by atoms with E-state index in [4.69, 9.17) is 14.6 Å². The average Bonchev–Trinajstić information content (AvgIpc) is 2.66. The summed E-state index contributed by atoms with van der Waals surface area (Å²) in [6, 6.07) is 4.65. The summed E-state index contributed by atoms with van der Waals surface area (Å²) in [7, 11) is 0. The third-order valence-electron chi connectivity index (χ3n) is 4.64. The van der Waals surface area contributed by atoms with Crippen LogP contribution in [0.5, 0.6) is 5.75 Å². The number of hydrogen-bond acceptors (Lipinski definition) is 6. The molecule has 1 unspecified atom stereocenters. The minimum atomic E-state index is -1.42. The molecule has 9 nitrogen and oxygen atoms in total. The molecule has 186 valence electrons. The number of carbonyl (C=O) groups excluding carboxylic acids is 1. The minimum Gasteiger partial charge on any atom is -0.489 e. The van der Waals surface area contributed by atoms with Gasteiger partial charge in [0.05, 0.1) is 16.9 Å². The first-order valence-corrected chi connectivity index (χ1v) is 11.0. The Bertz CT molecular complexity index is 1040. The number of carbonyl (C=O) groups is 2. The maximum absolute atomic E-state index is 14.7. The van der Waals surface area contributed by atoms with Gasteiger partial charge >= 0.3 is 12.2 Å². The number of aromatic nitrogens is 2. The molecule has 2 aromatic heterocycles. The summed E-state index contributed by atoms with van der Waals surface area (Å²) in [5, 5.41) is 13.7. The van der Waals surface area contributed by atoms with Crippen LogP contribution in [0.15, 0.2) is 24.4 Å². The molecule has 10 heteroatoms. The Morgan fingerprint density at radius 2 is 1.85 bits per heavy atom. The topological polar surface area (TPSA) is 123 Å². The zero-order valence-corrected chi connectivity index (χ0v) is 20.7. The molecule has 0 aliphatic carbocycles. The van der Waals surface area contributed by atoms with Crippen molar-refractivity contribution >= 4 is 18.0 Å². The average molecular weight is 477 g/mol. The van der Waals surface area contributed by atoms with Gasteiger partial charge < -0.3 is 19.9 Å². The number of nitrogens with zero attached hydrogens (tertiary/aromatic N) is 2. The van der Waals surface area contributed by atoms with Crippen LogP contribution in [0.3, 0.4) is 0 Å². The lowest BCUT2D eigenvalue weighted by Crippen LogP contribution is -2.52. The monoisotopic (exact) mass is 476 g/mol. The van der Waals surface area contributed by atoms with E-state index in [0.29, 0.717) is 23.6 Å². The lowest BCUT2D eigenvalue weighted by atomic mass is 9.91. The third-order valence-corrected chi connectivity index (χ3v) is 4.64. The molecule has 0 spiro atoms. The number of alkyl carbamates (subject to hydrolysis) is 1. The lowest BCUT2D eigenvalue weighted by molar-refractivity contribution is 0.0407. The fourth-order valence-corrected chi connectivity index (χ4v) is 3.51. The van der Waals surface area contributed by atoms with Crippen LogP contribution in [0.1, 0.15) is 53.7 Å². The fourth-order valence-electron chi connectivity index (χ4n) is 3.51. The number of rotatable bonds is 8. The highest BCUT2D eigenvalue weighted by molar-refractivity contribution is 5.83. The van der Waals surface area contributed by atoms with Gasteiger partial charge in [-0.1, -0.05) is 13.8 Å². The van der Waals surface area contributed by atoms with E-state index in [1.807, 2.05) is 26.1 Å². The van der Waals surface area contributed by atoms with Gasteiger partial charge in [-0.15, -0.1) is 0 Å². The molecule has 0 aliphatic heterocycles. The number of nitrogens with one attached hydrogen (secondary N) is 2. The van der Waals surface area contributed by atoms with Crippen LogP contribution in [0, 0.1) is 18.7 Å². The molecule has 2 aromatic rings. The lowest BCUT2D eigenvalue weighted by Gasteiger charge is -2.33. The molecular weight excluding hydrogens is 443 g/mol. The predicted octanol–water partition coefficient (Wildman–Crippen LogP) is 5.39. The van der Waals surface area contributed by atoms with E-state index >= 15 is 0 Å². The molecule has 0 saturated carbocycles. The van der Waals surface area contributed by atoms with Crippen LogP contribution in [0.2, 0.25) is 0 Å². The van der Waals surface area contributed by atoms with Crippen LogP contribution in [0.4, 0.5) is 19.8 Å². The highest BCUT2D eigenvalue weighted by Crippen LogP contribution is 2.28. The molecule has 0 radical (unpaired) electrons. The van der Waals surface area contributed by atoms with Crippen molar-refractivity contribution in [1.82, 2.24) is 15.3 Å². The van der Waals surface area contributed by atoms with Gasteiger partial charge in [0.25, 0.3) is 0 Å². The Morgan fingerprint density at radius 1 is 1.18 bits per heavy atom. The first kappa shape index (κ1) is 26.8. The van der Waals surface area contributed by atoms with Crippen LogP contribution >= 0.6 is 0 Å². The summed E-state index contributed by atoms with van der Waals surface area (Å²) in [5.41, 5.74) is -0.413. The van der Waals surface area contributed by atoms with Crippen molar-refractivity contribution in [3.63, 3.8) is 0 Å². The molecule has 2 rings (SSSR count). The third kappa shape index (κ3) is 7.86. The summed E-state index contributed by atoms with van der Waals surface area (Å²) in [6.45, 7) is 13.3. The van der Waals surface area contributed by atoms with Gasteiger partial charge in [-0.05, 0) is 65.2 Å². The van der Waals surface area contributed by atoms with Crippen molar-refractivity contribution in [3.8, 4) is 17.0 Å². The summed E-state index contributed by atoms with van der Waals surface area (Å²) in [4.78, 5) is 31.3. The number of ether oxygens (including phenoxy) is 2. The number of aryl methyl sites for hydroxylation is 1. The minimum absolute atomic E-state index is 0.102. The van der Waals surface area contributed by atoms with Gasteiger partial charge in [-0.3, -0.25) is 5.32 Å². The molecule has 0 aromatic carbocycles. The van der Waals surface area contributed by atoms with Crippen molar-refractivity contribution in [2.45, 2.75) is 66.0 Å². The summed E-state index contributed by atoms with van der Waals surface area (Å²) >= 11 is 0.